The zero-order chi connectivity index (χ0) is 32.8. The summed E-state index contributed by atoms with van der Waals surface area (Å²) in [4.78, 5) is 9.60. The normalized spacial score (nSPS) is 12.0. The van der Waals surface area contributed by atoms with Crippen molar-refractivity contribution in [1.29, 1.82) is 0 Å². The minimum Gasteiger partial charge on any atom is -0.436 e. The van der Waals surface area contributed by atoms with E-state index in [-0.39, 0.29) is 0 Å². The first-order chi connectivity index (χ1) is 24.7. The van der Waals surface area contributed by atoms with Crippen LogP contribution in [0.4, 0.5) is 0 Å². The van der Waals surface area contributed by atoms with Crippen molar-refractivity contribution in [2.45, 2.75) is 0 Å². The van der Waals surface area contributed by atoms with E-state index in [0.717, 1.165) is 60.8 Å². The Kier molecular flexibility index (Phi) is 5.76. The second-order valence-corrected chi connectivity index (χ2v) is 13.7. The van der Waals surface area contributed by atoms with Crippen molar-refractivity contribution < 1.29 is 8.83 Å². The molecule has 0 unspecified atom stereocenters. The molecule has 0 amide bonds. The minimum absolute atomic E-state index is 0.601. The van der Waals surface area contributed by atoms with Crippen LogP contribution < -0.4 is 0 Å². The molecule has 0 bridgehead atoms. The van der Waals surface area contributed by atoms with E-state index in [0.29, 0.717) is 11.8 Å². The number of hydrogen-bond acceptors (Lipinski definition) is 5. The lowest BCUT2D eigenvalue weighted by atomic mass is 10.0. The Morgan fingerprint density at radius 3 is 1.66 bits per heavy atom. The fourth-order valence-electron chi connectivity index (χ4n) is 7.32. The van der Waals surface area contributed by atoms with E-state index >= 15 is 0 Å². The smallest absolute Gasteiger partial charge is 0.227 e. The van der Waals surface area contributed by atoms with E-state index in [2.05, 4.69) is 108 Å². The van der Waals surface area contributed by atoms with Crippen molar-refractivity contribution in [3.8, 4) is 39.7 Å². The Balaban J connectivity index is 1.09. The molecular formula is C44H25N3O2S. The van der Waals surface area contributed by atoms with Crippen LogP contribution in [-0.2, 0) is 0 Å². The summed E-state index contributed by atoms with van der Waals surface area (Å²) in [5.74, 6) is 1.20. The third-order valence-corrected chi connectivity index (χ3v) is 10.9. The van der Waals surface area contributed by atoms with Gasteiger partial charge in [-0.05, 0) is 90.0 Å². The first-order valence-electron chi connectivity index (χ1n) is 16.6. The zero-order valence-corrected chi connectivity index (χ0v) is 27.3. The predicted molar refractivity (Wildman–Crippen MR) is 205 cm³/mol. The van der Waals surface area contributed by atoms with Crippen molar-refractivity contribution in [2.24, 2.45) is 0 Å². The van der Waals surface area contributed by atoms with Gasteiger partial charge in [0.1, 0.15) is 11.0 Å². The standard InChI is InChI=1S/C44H25N3O2S/c1-6-15-41-31(8-1)32-10-7-9-30(42(32)50-41)26-16-20-29(21-17-26)47-37-22-18-27(43-45-35-11-2-4-13-39(35)48-43)24-33(37)34-25-28(19-23-38(34)47)44-46-36-12-3-5-14-40(36)49-44/h1-25H. The summed E-state index contributed by atoms with van der Waals surface area (Å²) in [6.07, 6.45) is 0. The fraction of sp³-hybridized carbons (Fsp3) is 0. The van der Waals surface area contributed by atoms with Gasteiger partial charge in [-0.3, -0.25) is 0 Å². The molecule has 0 saturated heterocycles. The minimum atomic E-state index is 0.601. The average molecular weight is 660 g/mol. The van der Waals surface area contributed by atoms with Crippen LogP contribution in [0.5, 0.6) is 0 Å². The number of rotatable bonds is 4. The van der Waals surface area contributed by atoms with E-state index in [9.17, 15) is 0 Å². The number of oxazole rings is 2. The van der Waals surface area contributed by atoms with Crippen LogP contribution in [0, 0.1) is 0 Å². The lowest BCUT2D eigenvalue weighted by molar-refractivity contribution is 0.619. The second-order valence-electron chi connectivity index (χ2n) is 12.6. The molecule has 11 rings (SSSR count). The molecule has 0 radical (unpaired) electrons. The highest BCUT2D eigenvalue weighted by Gasteiger charge is 2.18. The fourth-order valence-corrected chi connectivity index (χ4v) is 8.56. The number of thiophene rings is 1. The summed E-state index contributed by atoms with van der Waals surface area (Å²) < 4.78 is 17.4. The summed E-state index contributed by atoms with van der Waals surface area (Å²) in [6, 6.07) is 52.9. The van der Waals surface area contributed by atoms with Gasteiger partial charge in [-0.15, -0.1) is 11.3 Å². The Hall–Kier alpha value is -6.50. The van der Waals surface area contributed by atoms with E-state index in [1.54, 1.807) is 0 Å². The molecule has 234 valence electrons. The van der Waals surface area contributed by atoms with Crippen molar-refractivity contribution in [1.82, 2.24) is 14.5 Å². The Morgan fingerprint density at radius 2 is 1.02 bits per heavy atom. The Bertz CT molecular complexity index is 2910. The van der Waals surface area contributed by atoms with Crippen LogP contribution in [0.15, 0.2) is 160 Å². The van der Waals surface area contributed by atoms with Gasteiger partial charge in [0, 0.05) is 47.8 Å². The highest BCUT2D eigenvalue weighted by molar-refractivity contribution is 7.26. The molecule has 4 aromatic heterocycles. The number of hydrogen-bond donors (Lipinski definition) is 0. The molecule has 4 heterocycles. The molecule has 0 N–H and O–H groups in total. The molecule has 5 nitrogen and oxygen atoms in total. The molecule has 0 saturated carbocycles. The number of benzene rings is 7. The monoisotopic (exact) mass is 659 g/mol. The van der Waals surface area contributed by atoms with Crippen molar-refractivity contribution in [2.75, 3.05) is 0 Å². The van der Waals surface area contributed by atoms with Gasteiger partial charge in [0.15, 0.2) is 11.2 Å². The summed E-state index contributed by atoms with van der Waals surface area (Å²) in [5.41, 5.74) is 10.8. The molecule has 0 aliphatic heterocycles. The largest absolute Gasteiger partial charge is 0.436 e. The number of fused-ring (bicyclic) bond motifs is 8. The molecule has 0 fully saturated rings. The van der Waals surface area contributed by atoms with Gasteiger partial charge in [-0.25, -0.2) is 9.97 Å². The molecule has 0 aliphatic rings. The van der Waals surface area contributed by atoms with Crippen LogP contribution in [0.3, 0.4) is 0 Å². The number of nitrogens with zero attached hydrogens (tertiary/aromatic N) is 3. The van der Waals surface area contributed by atoms with Gasteiger partial charge >= 0.3 is 0 Å². The Morgan fingerprint density at radius 1 is 0.460 bits per heavy atom. The number of para-hydroxylation sites is 4. The SMILES string of the molecule is c1ccc2oc(-c3ccc4c(c3)c3cc(-c5nc6ccccc6o5)ccc3n4-c3ccc(-c4cccc5c4sc4ccccc45)cc3)nc2c1. The quantitative estimate of drug-likeness (QED) is 0.189. The van der Waals surface area contributed by atoms with Crippen LogP contribution in [-0.4, -0.2) is 14.5 Å². The van der Waals surface area contributed by atoms with E-state index < -0.39 is 0 Å². The maximum atomic E-state index is 6.20. The van der Waals surface area contributed by atoms with Gasteiger partial charge < -0.3 is 13.4 Å². The van der Waals surface area contributed by atoms with Crippen LogP contribution in [0.2, 0.25) is 0 Å². The van der Waals surface area contributed by atoms with Gasteiger partial charge in [0.25, 0.3) is 0 Å². The third-order valence-electron chi connectivity index (χ3n) is 9.69. The topological polar surface area (TPSA) is 57.0 Å². The summed E-state index contributed by atoms with van der Waals surface area (Å²) in [6.45, 7) is 0. The predicted octanol–water partition coefficient (Wildman–Crippen LogP) is 12.4. The molecule has 11 aromatic rings. The first-order valence-corrected chi connectivity index (χ1v) is 17.4. The molecule has 50 heavy (non-hydrogen) atoms. The highest BCUT2D eigenvalue weighted by Crippen LogP contribution is 2.41. The first kappa shape index (κ1) is 27.5. The molecule has 0 spiro atoms. The van der Waals surface area contributed by atoms with E-state index in [1.165, 1.54) is 31.3 Å². The van der Waals surface area contributed by atoms with E-state index in [1.807, 2.05) is 59.9 Å². The zero-order valence-electron chi connectivity index (χ0n) is 26.5. The maximum Gasteiger partial charge on any atom is 0.227 e. The molecule has 7 aromatic carbocycles. The van der Waals surface area contributed by atoms with Crippen LogP contribution in [0.1, 0.15) is 0 Å². The summed E-state index contributed by atoms with van der Waals surface area (Å²) in [7, 11) is 0. The third kappa shape index (κ3) is 4.12. The van der Waals surface area contributed by atoms with Crippen molar-refractivity contribution >= 4 is 75.5 Å². The van der Waals surface area contributed by atoms with Crippen molar-refractivity contribution in [3.63, 3.8) is 0 Å². The van der Waals surface area contributed by atoms with Gasteiger partial charge in [-0.2, -0.15) is 0 Å². The molecule has 0 atom stereocenters. The van der Waals surface area contributed by atoms with E-state index in [4.69, 9.17) is 18.8 Å². The maximum absolute atomic E-state index is 6.20. The van der Waals surface area contributed by atoms with Crippen LogP contribution in [0.25, 0.3) is 104 Å². The van der Waals surface area contributed by atoms with Gasteiger partial charge in [0.2, 0.25) is 11.8 Å². The summed E-state index contributed by atoms with van der Waals surface area (Å²) >= 11 is 1.86. The van der Waals surface area contributed by atoms with Crippen LogP contribution >= 0.6 is 11.3 Å². The van der Waals surface area contributed by atoms with Gasteiger partial charge in [0.05, 0.1) is 11.0 Å². The van der Waals surface area contributed by atoms with Crippen molar-refractivity contribution in [3.05, 3.63) is 152 Å². The molecular weight excluding hydrogens is 635 g/mol. The number of aromatic nitrogens is 3. The highest BCUT2D eigenvalue weighted by atomic mass is 32.1. The lowest BCUT2D eigenvalue weighted by Crippen LogP contribution is -1.94. The molecule has 0 aliphatic carbocycles. The summed E-state index contributed by atoms with van der Waals surface area (Å²) in [5, 5.41) is 4.80. The second kappa shape index (κ2) is 10.5. The average Bonchev–Trinajstić information content (AvgIpc) is 3.96. The Labute approximate surface area is 289 Å². The van der Waals surface area contributed by atoms with Gasteiger partial charge in [-0.1, -0.05) is 72.8 Å². The molecule has 6 heteroatoms. The lowest BCUT2D eigenvalue weighted by Gasteiger charge is -2.10.